The number of benzene rings is 2. The van der Waals surface area contributed by atoms with E-state index in [9.17, 15) is 9.59 Å². The first kappa shape index (κ1) is 26.7. The summed E-state index contributed by atoms with van der Waals surface area (Å²) in [6.07, 6.45) is 7.43. The van der Waals surface area contributed by atoms with Crippen LogP contribution >= 0.6 is 0 Å². The fourth-order valence-corrected chi connectivity index (χ4v) is 6.71. The van der Waals surface area contributed by atoms with Crippen LogP contribution in [0.4, 0.5) is 4.79 Å². The van der Waals surface area contributed by atoms with Crippen LogP contribution in [0.1, 0.15) is 62.0 Å². The summed E-state index contributed by atoms with van der Waals surface area (Å²) in [6.45, 7) is 4.95. The van der Waals surface area contributed by atoms with Crippen molar-refractivity contribution in [3.63, 3.8) is 0 Å². The molecule has 0 aromatic heterocycles. The minimum absolute atomic E-state index is 0.201. The third-order valence-corrected chi connectivity index (χ3v) is 9.03. The second kappa shape index (κ2) is 12.8. The van der Waals surface area contributed by atoms with Crippen LogP contribution in [-0.4, -0.2) is 72.5 Å². The minimum Gasteiger partial charge on any atom is -0.445 e. The topological polar surface area (TPSA) is 53.1 Å². The van der Waals surface area contributed by atoms with Gasteiger partial charge in [-0.2, -0.15) is 0 Å². The zero-order chi connectivity index (χ0) is 26.3. The quantitative estimate of drug-likeness (QED) is 0.484. The number of hydrogen-bond donors (Lipinski definition) is 0. The Bertz CT molecular complexity index is 1030. The van der Waals surface area contributed by atoms with Crippen LogP contribution < -0.4 is 0 Å². The highest BCUT2D eigenvalue weighted by atomic mass is 16.6. The maximum atomic E-state index is 13.4. The number of hydrogen-bond acceptors (Lipinski definition) is 4. The Morgan fingerprint density at radius 1 is 0.868 bits per heavy atom. The van der Waals surface area contributed by atoms with Gasteiger partial charge in [-0.1, -0.05) is 79.9 Å². The fraction of sp³-hybridized carbons (Fsp3) is 0.562. The van der Waals surface area contributed by atoms with Crippen molar-refractivity contribution in [1.29, 1.82) is 0 Å². The lowest BCUT2D eigenvalue weighted by atomic mass is 9.88. The smallest absolute Gasteiger partial charge is 0.410 e. The van der Waals surface area contributed by atoms with Crippen LogP contribution in [0, 0.1) is 11.8 Å². The number of carbonyl (C=O) groups is 2. The third-order valence-electron chi connectivity index (χ3n) is 9.03. The molecule has 0 N–H and O–H groups in total. The van der Waals surface area contributed by atoms with Crippen molar-refractivity contribution in [2.24, 2.45) is 11.8 Å². The standard InChI is InChI=1S/C32H43N3O3/c1-33(32(37)38-24-25-11-5-2-6-12-25)29-17-19-34(20-18-29)21-28-22-35(31(36)27-15-9-4-10-16-27)23-30(28)26-13-7-3-8-14-26/h2-3,5-8,11-14,27-30H,4,9-10,15-24H2,1H3/t28-,30+/m0/s1. The Labute approximate surface area is 227 Å². The number of piperidine rings is 1. The predicted octanol–water partition coefficient (Wildman–Crippen LogP) is 5.54. The Balaban J connectivity index is 1.15. The molecule has 6 heteroatoms. The van der Waals surface area contributed by atoms with Gasteiger partial charge >= 0.3 is 6.09 Å². The molecule has 2 aliphatic heterocycles. The fourth-order valence-electron chi connectivity index (χ4n) is 6.71. The number of nitrogens with zero attached hydrogens (tertiary/aromatic N) is 3. The summed E-state index contributed by atoms with van der Waals surface area (Å²) in [7, 11) is 1.87. The molecular weight excluding hydrogens is 474 g/mol. The van der Waals surface area contributed by atoms with E-state index in [1.54, 1.807) is 4.90 Å². The largest absolute Gasteiger partial charge is 0.445 e. The molecule has 0 unspecified atom stereocenters. The Hall–Kier alpha value is -2.86. The number of carbonyl (C=O) groups excluding carboxylic acids is 2. The van der Waals surface area contributed by atoms with Crippen molar-refractivity contribution in [3.8, 4) is 0 Å². The molecule has 204 valence electrons. The van der Waals surface area contributed by atoms with E-state index in [0.717, 1.165) is 64.0 Å². The SMILES string of the molecule is CN(C(=O)OCc1ccccc1)C1CCN(C[C@H]2CN(C(=O)C3CCCCC3)C[C@@H]2c2ccccc2)CC1. The zero-order valence-corrected chi connectivity index (χ0v) is 22.8. The van der Waals surface area contributed by atoms with Crippen molar-refractivity contribution >= 4 is 12.0 Å². The van der Waals surface area contributed by atoms with E-state index in [1.165, 1.54) is 24.8 Å². The summed E-state index contributed by atoms with van der Waals surface area (Å²) in [4.78, 5) is 32.6. The van der Waals surface area contributed by atoms with Crippen molar-refractivity contribution < 1.29 is 14.3 Å². The van der Waals surface area contributed by atoms with Crippen molar-refractivity contribution in [2.45, 2.75) is 63.5 Å². The van der Waals surface area contributed by atoms with E-state index in [2.05, 4.69) is 40.1 Å². The van der Waals surface area contributed by atoms with Gasteiger partial charge in [0, 0.05) is 57.6 Å². The van der Waals surface area contributed by atoms with Crippen LogP contribution in [0.25, 0.3) is 0 Å². The summed E-state index contributed by atoms with van der Waals surface area (Å²) in [5.74, 6) is 1.45. The summed E-state index contributed by atoms with van der Waals surface area (Å²) in [6, 6.07) is 20.8. The molecule has 0 bridgehead atoms. The van der Waals surface area contributed by atoms with Crippen LogP contribution in [0.15, 0.2) is 60.7 Å². The van der Waals surface area contributed by atoms with Crippen molar-refractivity contribution in [3.05, 3.63) is 71.8 Å². The minimum atomic E-state index is -0.246. The first-order valence-electron chi connectivity index (χ1n) is 14.6. The van der Waals surface area contributed by atoms with Crippen LogP contribution in [0.3, 0.4) is 0 Å². The molecule has 2 atom stereocenters. The number of likely N-dealkylation sites (tertiary alicyclic amines) is 2. The molecule has 6 nitrogen and oxygen atoms in total. The van der Waals surface area contributed by atoms with Crippen molar-refractivity contribution in [1.82, 2.24) is 14.7 Å². The van der Waals surface area contributed by atoms with Gasteiger partial charge in [0.25, 0.3) is 0 Å². The molecule has 2 heterocycles. The molecule has 2 amide bonds. The highest BCUT2D eigenvalue weighted by molar-refractivity contribution is 5.79. The van der Waals surface area contributed by atoms with E-state index in [4.69, 9.17) is 4.74 Å². The van der Waals surface area contributed by atoms with Gasteiger partial charge in [-0.15, -0.1) is 0 Å². The van der Waals surface area contributed by atoms with E-state index in [-0.39, 0.29) is 18.1 Å². The summed E-state index contributed by atoms with van der Waals surface area (Å²) in [5, 5.41) is 0. The molecule has 2 aromatic carbocycles. The van der Waals surface area contributed by atoms with Gasteiger partial charge in [0.1, 0.15) is 6.61 Å². The predicted molar refractivity (Wildman–Crippen MR) is 150 cm³/mol. The first-order chi connectivity index (χ1) is 18.6. The molecular formula is C32H43N3O3. The van der Waals surface area contributed by atoms with Gasteiger partial charge in [0.2, 0.25) is 5.91 Å². The Kier molecular flexibility index (Phi) is 9.00. The summed E-state index contributed by atoms with van der Waals surface area (Å²) in [5.41, 5.74) is 2.36. The lowest BCUT2D eigenvalue weighted by molar-refractivity contribution is -0.135. The number of rotatable bonds is 7. The van der Waals surface area contributed by atoms with Crippen molar-refractivity contribution in [2.75, 3.05) is 39.8 Å². The first-order valence-corrected chi connectivity index (χ1v) is 14.6. The molecule has 1 aliphatic carbocycles. The van der Waals surface area contributed by atoms with E-state index < -0.39 is 0 Å². The van der Waals surface area contributed by atoms with E-state index >= 15 is 0 Å². The highest BCUT2D eigenvalue weighted by Gasteiger charge is 2.39. The molecule has 5 rings (SSSR count). The Morgan fingerprint density at radius 3 is 2.21 bits per heavy atom. The molecule has 0 spiro atoms. The van der Waals surface area contributed by atoms with E-state index in [0.29, 0.717) is 24.3 Å². The van der Waals surface area contributed by atoms with Crippen LogP contribution in [0.5, 0.6) is 0 Å². The highest BCUT2D eigenvalue weighted by Crippen LogP contribution is 2.36. The molecule has 38 heavy (non-hydrogen) atoms. The second-order valence-electron chi connectivity index (χ2n) is 11.5. The summed E-state index contributed by atoms with van der Waals surface area (Å²) < 4.78 is 5.56. The van der Waals surface area contributed by atoms with Gasteiger partial charge in [-0.3, -0.25) is 4.79 Å². The molecule has 2 saturated heterocycles. The van der Waals surface area contributed by atoms with Gasteiger partial charge in [-0.25, -0.2) is 4.79 Å². The molecule has 1 saturated carbocycles. The van der Waals surface area contributed by atoms with E-state index in [1.807, 2.05) is 37.4 Å². The zero-order valence-electron chi connectivity index (χ0n) is 22.8. The van der Waals surface area contributed by atoms with Gasteiger partial charge in [-0.05, 0) is 42.7 Å². The average molecular weight is 518 g/mol. The number of amides is 2. The van der Waals surface area contributed by atoms with Gasteiger partial charge in [0.05, 0.1) is 0 Å². The monoisotopic (exact) mass is 517 g/mol. The second-order valence-corrected chi connectivity index (χ2v) is 11.5. The van der Waals surface area contributed by atoms with Crippen LogP contribution in [0.2, 0.25) is 0 Å². The van der Waals surface area contributed by atoms with Gasteiger partial charge < -0.3 is 19.4 Å². The van der Waals surface area contributed by atoms with Crippen LogP contribution in [-0.2, 0) is 16.1 Å². The summed E-state index contributed by atoms with van der Waals surface area (Å²) >= 11 is 0. The van der Waals surface area contributed by atoms with Gasteiger partial charge in [0.15, 0.2) is 0 Å². The third kappa shape index (κ3) is 6.58. The molecule has 3 aliphatic rings. The molecule has 0 radical (unpaired) electrons. The normalized spacial score (nSPS) is 23.3. The molecule has 2 aromatic rings. The Morgan fingerprint density at radius 2 is 1.53 bits per heavy atom. The number of ether oxygens (including phenoxy) is 1. The average Bonchev–Trinajstić information content (AvgIpc) is 3.40. The maximum absolute atomic E-state index is 13.4. The lowest BCUT2D eigenvalue weighted by Crippen LogP contribution is -2.47. The molecule has 3 fully saturated rings. The lowest BCUT2D eigenvalue weighted by Gasteiger charge is -2.37. The maximum Gasteiger partial charge on any atom is 0.410 e.